The fourth-order valence-electron chi connectivity index (χ4n) is 2.76. The van der Waals surface area contributed by atoms with Crippen LogP contribution < -0.4 is 0 Å². The highest BCUT2D eigenvalue weighted by molar-refractivity contribution is 6.08. The molecule has 1 heterocycles. The Morgan fingerprint density at radius 2 is 1.79 bits per heavy atom. The van der Waals surface area contributed by atoms with E-state index >= 15 is 0 Å². The molecular formula is C17H18N2O5. The van der Waals surface area contributed by atoms with Gasteiger partial charge < -0.3 is 9.72 Å². The number of Topliss-reactive ketones (excluding diaryl/α,β-unsaturated/α-hetero) is 1. The summed E-state index contributed by atoms with van der Waals surface area (Å²) in [5.41, 5.74) is 2.13. The fraction of sp³-hybridized carbons (Fsp3) is 0.294. The lowest BCUT2D eigenvalue weighted by Crippen LogP contribution is -2.11. The molecule has 0 atom stereocenters. The molecule has 0 unspecified atom stereocenters. The van der Waals surface area contributed by atoms with Crippen molar-refractivity contribution in [2.75, 3.05) is 7.11 Å². The number of ketones is 1. The lowest BCUT2D eigenvalue weighted by atomic mass is 9.98. The predicted molar refractivity (Wildman–Crippen MR) is 87.4 cm³/mol. The van der Waals surface area contributed by atoms with E-state index < -0.39 is 10.9 Å². The smallest absolute Gasteiger partial charge is 0.340 e. The molecule has 1 N–H and O–H groups in total. The Balaban J connectivity index is 2.26. The van der Waals surface area contributed by atoms with Crippen molar-refractivity contribution in [3.8, 4) is 0 Å². The molecule has 0 aliphatic heterocycles. The number of aryl methyl sites for hydroxylation is 3. The van der Waals surface area contributed by atoms with Crippen molar-refractivity contribution in [1.29, 1.82) is 0 Å². The maximum atomic E-state index is 12.6. The number of hydrogen-bond acceptors (Lipinski definition) is 5. The maximum Gasteiger partial charge on any atom is 0.340 e. The molecule has 0 aliphatic carbocycles. The van der Waals surface area contributed by atoms with Crippen LogP contribution in [0, 0.1) is 24.0 Å². The summed E-state index contributed by atoms with van der Waals surface area (Å²) >= 11 is 0. The van der Waals surface area contributed by atoms with Gasteiger partial charge >= 0.3 is 5.97 Å². The number of ether oxygens (including phenoxy) is 1. The Morgan fingerprint density at radius 1 is 1.17 bits per heavy atom. The first-order valence-corrected chi connectivity index (χ1v) is 7.39. The molecule has 7 heteroatoms. The predicted octanol–water partition coefficient (Wildman–Crippen LogP) is 3.14. The Hall–Kier alpha value is -2.96. The SMILES string of the molecule is COC(=O)c1c(C)[nH]c(C)c1C(=O)CCc1ccccc1[N+](=O)[O-]. The third-order valence-electron chi connectivity index (χ3n) is 3.85. The van der Waals surface area contributed by atoms with Gasteiger partial charge in [0.25, 0.3) is 5.69 Å². The van der Waals surface area contributed by atoms with Crippen molar-refractivity contribution in [2.45, 2.75) is 26.7 Å². The Kier molecular flexibility index (Phi) is 5.13. The van der Waals surface area contributed by atoms with Gasteiger partial charge in [0.05, 0.1) is 23.2 Å². The average Bonchev–Trinajstić information content (AvgIpc) is 2.86. The van der Waals surface area contributed by atoms with Gasteiger partial charge in [-0.15, -0.1) is 0 Å². The maximum absolute atomic E-state index is 12.6. The number of esters is 1. The van der Waals surface area contributed by atoms with Gasteiger partial charge in [0.15, 0.2) is 5.78 Å². The van der Waals surface area contributed by atoms with Crippen LogP contribution in [0.4, 0.5) is 5.69 Å². The molecule has 2 rings (SSSR count). The molecule has 7 nitrogen and oxygen atoms in total. The van der Waals surface area contributed by atoms with Crippen molar-refractivity contribution in [1.82, 2.24) is 4.98 Å². The lowest BCUT2D eigenvalue weighted by Gasteiger charge is -2.05. The number of nitro benzene ring substituents is 1. The van der Waals surface area contributed by atoms with Crippen LogP contribution in [-0.4, -0.2) is 28.8 Å². The van der Waals surface area contributed by atoms with Gasteiger partial charge in [-0.05, 0) is 20.3 Å². The molecule has 0 spiro atoms. The summed E-state index contributed by atoms with van der Waals surface area (Å²) in [5, 5.41) is 11.0. The normalized spacial score (nSPS) is 10.5. The second-order valence-corrected chi connectivity index (χ2v) is 5.43. The van der Waals surface area contributed by atoms with Gasteiger partial charge in [0.1, 0.15) is 0 Å². The van der Waals surface area contributed by atoms with E-state index in [1.54, 1.807) is 32.0 Å². The number of nitrogens with one attached hydrogen (secondary N) is 1. The van der Waals surface area contributed by atoms with E-state index in [9.17, 15) is 19.7 Å². The molecule has 0 saturated heterocycles. The number of nitro groups is 1. The van der Waals surface area contributed by atoms with Crippen molar-refractivity contribution < 1.29 is 19.2 Å². The third-order valence-corrected chi connectivity index (χ3v) is 3.85. The van der Waals surface area contributed by atoms with Gasteiger partial charge in [0.2, 0.25) is 0 Å². The molecular weight excluding hydrogens is 312 g/mol. The van der Waals surface area contributed by atoms with E-state index in [1.165, 1.54) is 13.2 Å². The van der Waals surface area contributed by atoms with Crippen molar-refractivity contribution in [3.63, 3.8) is 0 Å². The van der Waals surface area contributed by atoms with Crippen molar-refractivity contribution in [3.05, 3.63) is 62.5 Å². The minimum absolute atomic E-state index is 0.0135. The van der Waals surface area contributed by atoms with E-state index in [2.05, 4.69) is 4.98 Å². The van der Waals surface area contributed by atoms with Crippen molar-refractivity contribution in [2.24, 2.45) is 0 Å². The van der Waals surface area contributed by atoms with Gasteiger partial charge in [-0.25, -0.2) is 4.79 Å². The molecule has 1 aromatic heterocycles. The number of para-hydroxylation sites is 1. The highest BCUT2D eigenvalue weighted by Crippen LogP contribution is 2.24. The Morgan fingerprint density at radius 3 is 2.42 bits per heavy atom. The van der Waals surface area contributed by atoms with E-state index in [-0.39, 0.29) is 35.4 Å². The van der Waals surface area contributed by atoms with Gasteiger partial charge in [-0.3, -0.25) is 14.9 Å². The summed E-state index contributed by atoms with van der Waals surface area (Å²) in [6.45, 7) is 3.40. The molecule has 24 heavy (non-hydrogen) atoms. The topological polar surface area (TPSA) is 102 Å². The number of methoxy groups -OCH3 is 1. The first-order chi connectivity index (χ1) is 11.4. The summed E-state index contributed by atoms with van der Waals surface area (Å²) in [5.74, 6) is -0.832. The minimum atomic E-state index is -0.578. The summed E-state index contributed by atoms with van der Waals surface area (Å²) in [4.78, 5) is 38.0. The first kappa shape index (κ1) is 17.4. The molecule has 0 fully saturated rings. The first-order valence-electron chi connectivity index (χ1n) is 7.39. The summed E-state index contributed by atoms with van der Waals surface area (Å²) in [7, 11) is 1.26. The van der Waals surface area contributed by atoms with Crippen LogP contribution in [-0.2, 0) is 11.2 Å². The van der Waals surface area contributed by atoms with E-state index in [1.807, 2.05) is 0 Å². The van der Waals surface area contributed by atoms with E-state index in [4.69, 9.17) is 4.74 Å². The number of aromatic amines is 1. The highest BCUT2D eigenvalue weighted by Gasteiger charge is 2.25. The van der Waals surface area contributed by atoms with Gasteiger partial charge in [-0.1, -0.05) is 18.2 Å². The summed E-state index contributed by atoms with van der Waals surface area (Å²) in [6, 6.07) is 6.31. The fourth-order valence-corrected chi connectivity index (χ4v) is 2.76. The number of nitrogens with zero attached hydrogens (tertiary/aromatic N) is 1. The van der Waals surface area contributed by atoms with Crippen LogP contribution in [0.3, 0.4) is 0 Å². The standard InChI is InChI=1S/C17H18N2O5/c1-10-15(16(11(2)18-10)17(21)24-3)14(20)9-8-12-6-4-5-7-13(12)19(22)23/h4-7,18H,8-9H2,1-3H3. The number of carbonyl (C=O) groups is 2. The van der Waals surface area contributed by atoms with Crippen LogP contribution >= 0.6 is 0 Å². The van der Waals surface area contributed by atoms with Crippen LogP contribution in [0.25, 0.3) is 0 Å². The zero-order valence-electron chi connectivity index (χ0n) is 13.7. The summed E-state index contributed by atoms with van der Waals surface area (Å²) in [6.07, 6.45) is 0.285. The zero-order chi connectivity index (χ0) is 17.9. The number of carbonyl (C=O) groups excluding carboxylic acids is 2. The molecule has 2 aromatic rings. The monoisotopic (exact) mass is 330 g/mol. The van der Waals surface area contributed by atoms with Crippen LogP contribution in [0.15, 0.2) is 24.3 Å². The number of H-pyrrole nitrogens is 1. The number of hydrogen-bond donors (Lipinski definition) is 1. The minimum Gasteiger partial charge on any atom is -0.465 e. The van der Waals surface area contributed by atoms with Crippen LogP contribution in [0.1, 0.15) is 44.1 Å². The molecule has 0 saturated carbocycles. The Bertz CT molecular complexity index is 807. The third kappa shape index (κ3) is 3.34. The van der Waals surface area contributed by atoms with E-state index in [0.717, 1.165) is 0 Å². The molecule has 0 amide bonds. The second-order valence-electron chi connectivity index (χ2n) is 5.43. The molecule has 0 bridgehead atoms. The van der Waals surface area contributed by atoms with Gasteiger partial charge in [-0.2, -0.15) is 0 Å². The Labute approximate surface area is 138 Å². The molecule has 1 aromatic carbocycles. The molecule has 0 radical (unpaired) electrons. The molecule has 0 aliphatic rings. The second kappa shape index (κ2) is 7.08. The summed E-state index contributed by atoms with van der Waals surface area (Å²) < 4.78 is 4.73. The van der Waals surface area contributed by atoms with Crippen LogP contribution in [0.2, 0.25) is 0 Å². The van der Waals surface area contributed by atoms with Crippen molar-refractivity contribution >= 4 is 17.4 Å². The average molecular weight is 330 g/mol. The number of benzene rings is 1. The zero-order valence-corrected chi connectivity index (χ0v) is 13.7. The number of aromatic nitrogens is 1. The highest BCUT2D eigenvalue weighted by atomic mass is 16.6. The lowest BCUT2D eigenvalue weighted by molar-refractivity contribution is -0.385. The van der Waals surface area contributed by atoms with Gasteiger partial charge in [0, 0.05) is 29.4 Å². The largest absolute Gasteiger partial charge is 0.465 e. The quantitative estimate of drug-likeness (QED) is 0.379. The number of rotatable bonds is 6. The molecule has 126 valence electrons. The van der Waals surface area contributed by atoms with E-state index in [0.29, 0.717) is 17.0 Å². The van der Waals surface area contributed by atoms with Crippen LogP contribution in [0.5, 0.6) is 0 Å².